The molecule has 1 aliphatic carbocycles. The van der Waals surface area contributed by atoms with Gasteiger partial charge in [-0.1, -0.05) is 0 Å². The van der Waals surface area contributed by atoms with Crippen LogP contribution in [-0.4, -0.2) is 58.2 Å². The Morgan fingerprint density at radius 2 is 1.83 bits per heavy atom. The highest BCUT2D eigenvalue weighted by atomic mass is 19.1. The van der Waals surface area contributed by atoms with Gasteiger partial charge in [-0.3, -0.25) is 9.97 Å². The molecule has 180 valence electrons. The number of rotatable bonds is 8. The SMILES string of the molecule is COc1cc(Nc2nccc(Nc3cnc4cncc(F)c4c3)n2)ccc1OC1CC(N(C)C)C1. The first-order valence-corrected chi connectivity index (χ1v) is 11.3. The van der Waals surface area contributed by atoms with Crippen LogP contribution in [0.2, 0.25) is 0 Å². The number of nitrogens with zero attached hydrogens (tertiary/aromatic N) is 5. The molecule has 0 aliphatic heterocycles. The van der Waals surface area contributed by atoms with Crippen molar-refractivity contribution in [1.82, 2.24) is 24.8 Å². The Kier molecular flexibility index (Phi) is 6.28. The van der Waals surface area contributed by atoms with Crippen LogP contribution in [0.4, 0.5) is 27.5 Å². The van der Waals surface area contributed by atoms with E-state index in [0.29, 0.717) is 45.9 Å². The van der Waals surface area contributed by atoms with E-state index in [9.17, 15) is 4.39 Å². The van der Waals surface area contributed by atoms with Crippen LogP contribution in [0.3, 0.4) is 0 Å². The maximum Gasteiger partial charge on any atom is 0.229 e. The van der Waals surface area contributed by atoms with E-state index in [0.717, 1.165) is 24.7 Å². The number of anilines is 4. The van der Waals surface area contributed by atoms with Crippen LogP contribution in [0.15, 0.2) is 55.1 Å². The average Bonchev–Trinajstić information content (AvgIpc) is 2.82. The Bertz CT molecular complexity index is 1340. The molecular weight excluding hydrogens is 449 g/mol. The zero-order valence-corrected chi connectivity index (χ0v) is 19.7. The molecule has 1 fully saturated rings. The number of halogens is 1. The van der Waals surface area contributed by atoms with Crippen molar-refractivity contribution >= 4 is 34.0 Å². The molecule has 3 heterocycles. The quantitative estimate of drug-likeness (QED) is 0.381. The number of benzene rings is 1. The van der Waals surface area contributed by atoms with Gasteiger partial charge in [0.05, 0.1) is 36.9 Å². The molecule has 3 aromatic heterocycles. The van der Waals surface area contributed by atoms with E-state index in [1.807, 2.05) is 18.2 Å². The van der Waals surface area contributed by atoms with Crippen molar-refractivity contribution in [3.05, 3.63) is 60.9 Å². The van der Waals surface area contributed by atoms with Crippen molar-refractivity contribution < 1.29 is 13.9 Å². The molecule has 0 saturated heterocycles. The van der Waals surface area contributed by atoms with E-state index in [1.54, 1.807) is 31.6 Å². The molecule has 0 atom stereocenters. The number of hydrogen-bond donors (Lipinski definition) is 2. The van der Waals surface area contributed by atoms with Gasteiger partial charge < -0.3 is 25.0 Å². The summed E-state index contributed by atoms with van der Waals surface area (Å²) in [6, 6.07) is 9.58. The number of aromatic nitrogens is 4. The monoisotopic (exact) mass is 475 g/mol. The molecule has 0 radical (unpaired) electrons. The molecule has 9 nitrogen and oxygen atoms in total. The second-order valence-electron chi connectivity index (χ2n) is 8.62. The second kappa shape index (κ2) is 9.67. The van der Waals surface area contributed by atoms with Crippen LogP contribution in [0.1, 0.15) is 12.8 Å². The standard InChI is InChI=1S/C25H26FN7O2/c1-33(2)17-10-18(11-17)35-22-5-4-15(9-23(22)34-3)31-25-28-7-6-24(32-25)30-16-8-19-20(26)13-27-14-21(19)29-12-16/h4-9,12-14,17-18H,10-11H2,1-3H3,(H2,28,30,31,32). The Morgan fingerprint density at radius 1 is 0.971 bits per heavy atom. The summed E-state index contributed by atoms with van der Waals surface area (Å²) >= 11 is 0. The summed E-state index contributed by atoms with van der Waals surface area (Å²) in [4.78, 5) is 19.1. The van der Waals surface area contributed by atoms with Crippen LogP contribution in [0.25, 0.3) is 10.9 Å². The molecule has 35 heavy (non-hydrogen) atoms. The number of methoxy groups -OCH3 is 1. The number of ether oxygens (including phenoxy) is 2. The van der Waals surface area contributed by atoms with Gasteiger partial charge in [-0.25, -0.2) is 9.37 Å². The first-order valence-electron chi connectivity index (χ1n) is 11.3. The van der Waals surface area contributed by atoms with Gasteiger partial charge in [0.1, 0.15) is 11.9 Å². The van der Waals surface area contributed by atoms with Crippen molar-refractivity contribution in [3.63, 3.8) is 0 Å². The lowest BCUT2D eigenvalue weighted by molar-refractivity contribution is 0.0383. The molecule has 4 aromatic rings. The van der Waals surface area contributed by atoms with E-state index in [2.05, 4.69) is 49.6 Å². The maximum absolute atomic E-state index is 14.1. The lowest BCUT2D eigenvalue weighted by atomic mass is 9.88. The highest BCUT2D eigenvalue weighted by Crippen LogP contribution is 2.36. The van der Waals surface area contributed by atoms with Gasteiger partial charge in [-0.15, -0.1) is 0 Å². The van der Waals surface area contributed by atoms with E-state index in [4.69, 9.17) is 9.47 Å². The van der Waals surface area contributed by atoms with Crippen molar-refractivity contribution in [2.24, 2.45) is 0 Å². The summed E-state index contributed by atoms with van der Waals surface area (Å²) < 4.78 is 25.7. The van der Waals surface area contributed by atoms with Crippen LogP contribution in [-0.2, 0) is 0 Å². The molecule has 10 heteroatoms. The second-order valence-corrected chi connectivity index (χ2v) is 8.62. The Hall–Kier alpha value is -4.05. The van der Waals surface area contributed by atoms with Crippen molar-refractivity contribution in [3.8, 4) is 11.5 Å². The average molecular weight is 476 g/mol. The highest BCUT2D eigenvalue weighted by Gasteiger charge is 2.32. The van der Waals surface area contributed by atoms with Gasteiger partial charge in [-0.2, -0.15) is 4.98 Å². The van der Waals surface area contributed by atoms with E-state index >= 15 is 0 Å². The predicted molar refractivity (Wildman–Crippen MR) is 132 cm³/mol. The van der Waals surface area contributed by atoms with Crippen molar-refractivity contribution in [2.75, 3.05) is 31.8 Å². The molecule has 0 spiro atoms. The summed E-state index contributed by atoms with van der Waals surface area (Å²) in [6.45, 7) is 0. The van der Waals surface area contributed by atoms with Crippen LogP contribution in [0.5, 0.6) is 11.5 Å². The maximum atomic E-state index is 14.1. The molecule has 1 aliphatic rings. The zero-order chi connectivity index (χ0) is 24.4. The highest BCUT2D eigenvalue weighted by molar-refractivity contribution is 5.82. The van der Waals surface area contributed by atoms with Gasteiger partial charge in [-0.05, 0) is 51.2 Å². The van der Waals surface area contributed by atoms with E-state index in [-0.39, 0.29) is 6.10 Å². The minimum atomic E-state index is -0.431. The number of fused-ring (bicyclic) bond motifs is 1. The third-order valence-electron chi connectivity index (χ3n) is 6.00. The number of hydrogen-bond acceptors (Lipinski definition) is 9. The normalized spacial score (nSPS) is 17.2. The Balaban J connectivity index is 1.27. The minimum absolute atomic E-state index is 0.190. The summed E-state index contributed by atoms with van der Waals surface area (Å²) in [5.41, 5.74) is 1.84. The van der Waals surface area contributed by atoms with Crippen LogP contribution in [0, 0.1) is 5.82 Å². The first kappa shape index (κ1) is 22.7. The molecule has 2 N–H and O–H groups in total. The van der Waals surface area contributed by atoms with Gasteiger partial charge in [0.2, 0.25) is 5.95 Å². The van der Waals surface area contributed by atoms with Gasteiger partial charge in [0.25, 0.3) is 0 Å². The van der Waals surface area contributed by atoms with Crippen molar-refractivity contribution in [2.45, 2.75) is 25.0 Å². The van der Waals surface area contributed by atoms with Gasteiger partial charge in [0, 0.05) is 29.4 Å². The summed E-state index contributed by atoms with van der Waals surface area (Å²) in [7, 11) is 5.79. The first-order chi connectivity index (χ1) is 17.0. The van der Waals surface area contributed by atoms with Crippen LogP contribution >= 0.6 is 0 Å². The van der Waals surface area contributed by atoms with E-state index in [1.165, 1.54) is 6.20 Å². The molecule has 1 saturated carbocycles. The molecule has 5 rings (SSSR count). The smallest absolute Gasteiger partial charge is 0.229 e. The summed E-state index contributed by atoms with van der Waals surface area (Å²) in [5.74, 6) is 1.84. The lowest BCUT2D eigenvalue weighted by Crippen LogP contribution is -2.46. The predicted octanol–water partition coefficient (Wildman–Crippen LogP) is 4.53. The summed E-state index contributed by atoms with van der Waals surface area (Å²) in [5, 5.41) is 6.70. The van der Waals surface area contributed by atoms with Crippen LogP contribution < -0.4 is 20.1 Å². The molecular formula is C25H26FN7O2. The molecule has 0 unspecified atom stereocenters. The van der Waals surface area contributed by atoms with Crippen molar-refractivity contribution in [1.29, 1.82) is 0 Å². The Labute approximate surface area is 202 Å². The zero-order valence-electron chi connectivity index (χ0n) is 19.7. The molecule has 0 bridgehead atoms. The minimum Gasteiger partial charge on any atom is -0.493 e. The largest absolute Gasteiger partial charge is 0.493 e. The molecule has 0 amide bonds. The third kappa shape index (κ3) is 5.07. The summed E-state index contributed by atoms with van der Waals surface area (Å²) in [6.07, 6.45) is 8.11. The van der Waals surface area contributed by atoms with E-state index < -0.39 is 5.82 Å². The number of nitrogens with one attached hydrogen (secondary N) is 2. The lowest BCUT2D eigenvalue weighted by Gasteiger charge is -2.39. The topological polar surface area (TPSA) is 97.3 Å². The Morgan fingerprint density at radius 3 is 2.63 bits per heavy atom. The third-order valence-corrected chi connectivity index (χ3v) is 6.00. The fourth-order valence-electron chi connectivity index (χ4n) is 3.92. The van der Waals surface area contributed by atoms with Gasteiger partial charge >= 0.3 is 0 Å². The fourth-order valence-corrected chi connectivity index (χ4v) is 3.92. The fraction of sp³-hybridized carbons (Fsp3) is 0.280. The number of pyridine rings is 2. The van der Waals surface area contributed by atoms with Gasteiger partial charge in [0.15, 0.2) is 17.3 Å². The molecule has 1 aromatic carbocycles.